The summed E-state index contributed by atoms with van der Waals surface area (Å²) in [7, 11) is 0. The minimum atomic E-state index is 0.139. The van der Waals surface area contributed by atoms with Crippen LogP contribution in [0.5, 0.6) is 0 Å². The first-order valence-corrected chi connectivity index (χ1v) is 8.29. The Hall–Kier alpha value is -0.260. The van der Waals surface area contributed by atoms with Crippen LogP contribution in [-0.2, 0) is 4.74 Å². The molecule has 0 aromatic carbocycles. The second-order valence-electron chi connectivity index (χ2n) is 5.06. The molecule has 18 heavy (non-hydrogen) atoms. The highest BCUT2D eigenvalue weighted by Crippen LogP contribution is 2.38. The molecule has 2 atom stereocenters. The Morgan fingerprint density at radius 2 is 2.44 bits per heavy atom. The summed E-state index contributed by atoms with van der Waals surface area (Å²) in [5.41, 5.74) is 1.23. The van der Waals surface area contributed by atoms with E-state index in [1.165, 1.54) is 12.2 Å². The zero-order valence-electron chi connectivity index (χ0n) is 10.2. The minimum absolute atomic E-state index is 0.139. The van der Waals surface area contributed by atoms with E-state index in [1.807, 2.05) is 24.2 Å². The van der Waals surface area contributed by atoms with Gasteiger partial charge in [0.05, 0.1) is 17.5 Å². The van der Waals surface area contributed by atoms with Gasteiger partial charge in [0, 0.05) is 29.1 Å². The van der Waals surface area contributed by atoms with Crippen molar-refractivity contribution in [3.63, 3.8) is 0 Å². The normalized spacial score (nSPS) is 31.7. The summed E-state index contributed by atoms with van der Waals surface area (Å²) in [5, 5.41) is 3.59. The summed E-state index contributed by atoms with van der Waals surface area (Å²) in [6.07, 6.45) is 7.10. The van der Waals surface area contributed by atoms with Crippen molar-refractivity contribution in [3.05, 3.63) is 22.9 Å². The van der Waals surface area contributed by atoms with E-state index in [-0.39, 0.29) is 5.60 Å². The number of aromatic nitrogens is 1. The monoisotopic (exact) mass is 328 g/mol. The third-order valence-corrected chi connectivity index (χ3v) is 5.29. The summed E-state index contributed by atoms with van der Waals surface area (Å²) in [6, 6.07) is 2.59. The van der Waals surface area contributed by atoms with Crippen LogP contribution < -0.4 is 5.32 Å². The van der Waals surface area contributed by atoms with Gasteiger partial charge in [-0.25, -0.2) is 0 Å². The smallest absolute Gasteiger partial charge is 0.0799 e. The fourth-order valence-corrected chi connectivity index (χ4v) is 4.48. The fraction of sp³-hybridized carbons (Fsp3) is 0.615. The van der Waals surface area contributed by atoms with Crippen LogP contribution in [0.3, 0.4) is 0 Å². The molecule has 3 rings (SSSR count). The Labute approximate surface area is 120 Å². The number of halogens is 1. The molecule has 0 amide bonds. The lowest BCUT2D eigenvalue weighted by atomic mass is 9.90. The highest BCUT2D eigenvalue weighted by atomic mass is 79.9. The van der Waals surface area contributed by atoms with Crippen molar-refractivity contribution in [2.75, 3.05) is 23.4 Å². The van der Waals surface area contributed by atoms with Gasteiger partial charge in [0.1, 0.15) is 0 Å². The number of nitrogens with zero attached hydrogens (tertiary/aromatic N) is 1. The Morgan fingerprint density at radius 1 is 1.50 bits per heavy atom. The Kier molecular flexibility index (Phi) is 3.82. The van der Waals surface area contributed by atoms with E-state index in [0.717, 1.165) is 35.4 Å². The van der Waals surface area contributed by atoms with Gasteiger partial charge in [0.2, 0.25) is 0 Å². The van der Waals surface area contributed by atoms with Crippen LogP contribution in [-0.4, -0.2) is 34.7 Å². The quantitative estimate of drug-likeness (QED) is 0.903. The van der Waals surface area contributed by atoms with Gasteiger partial charge >= 0.3 is 0 Å². The van der Waals surface area contributed by atoms with Crippen LogP contribution in [0.2, 0.25) is 0 Å². The lowest BCUT2D eigenvalue weighted by Crippen LogP contribution is -2.44. The third kappa shape index (κ3) is 2.83. The molecule has 1 spiro atoms. The highest BCUT2D eigenvalue weighted by Gasteiger charge is 2.40. The number of rotatable bonds is 2. The third-order valence-electron chi connectivity index (χ3n) is 3.64. The van der Waals surface area contributed by atoms with Crippen LogP contribution in [0.15, 0.2) is 22.9 Å². The molecule has 3 nitrogen and oxygen atoms in total. The fourth-order valence-electron chi connectivity index (χ4n) is 2.74. The molecular weight excluding hydrogens is 312 g/mol. The van der Waals surface area contributed by atoms with E-state index >= 15 is 0 Å². The predicted octanol–water partition coefficient (Wildman–Crippen LogP) is 3.31. The maximum atomic E-state index is 6.03. The molecule has 98 valence electrons. The van der Waals surface area contributed by atoms with Gasteiger partial charge < -0.3 is 10.1 Å². The number of pyridine rings is 1. The molecular formula is C13H17BrN2OS. The SMILES string of the molecule is Brc1cncc(N[C@@H]2CCO[C@@]3(CCSC3)C2)c1. The molecule has 1 N–H and O–H groups in total. The van der Waals surface area contributed by atoms with Crippen molar-refractivity contribution in [1.29, 1.82) is 0 Å². The van der Waals surface area contributed by atoms with E-state index in [2.05, 4.69) is 32.3 Å². The van der Waals surface area contributed by atoms with Crippen LogP contribution in [0.1, 0.15) is 19.3 Å². The lowest BCUT2D eigenvalue weighted by Gasteiger charge is -2.38. The Morgan fingerprint density at radius 3 is 3.22 bits per heavy atom. The zero-order chi connectivity index (χ0) is 12.4. The lowest BCUT2D eigenvalue weighted by molar-refractivity contribution is -0.0628. The molecule has 0 bridgehead atoms. The first kappa shape index (κ1) is 12.8. The van der Waals surface area contributed by atoms with Gasteiger partial charge in [-0.05, 0) is 47.0 Å². The molecule has 0 unspecified atom stereocenters. The average molecular weight is 329 g/mol. The molecule has 5 heteroatoms. The van der Waals surface area contributed by atoms with Gasteiger partial charge in [0.25, 0.3) is 0 Å². The minimum Gasteiger partial charge on any atom is -0.381 e. The number of hydrogen-bond acceptors (Lipinski definition) is 4. The molecule has 3 heterocycles. The molecule has 2 fully saturated rings. The summed E-state index contributed by atoms with van der Waals surface area (Å²) in [6.45, 7) is 0.875. The zero-order valence-corrected chi connectivity index (χ0v) is 12.6. The van der Waals surface area contributed by atoms with Crippen molar-refractivity contribution in [3.8, 4) is 0 Å². The van der Waals surface area contributed by atoms with E-state index in [1.54, 1.807) is 0 Å². The van der Waals surface area contributed by atoms with Crippen molar-refractivity contribution in [2.45, 2.75) is 30.9 Å². The predicted molar refractivity (Wildman–Crippen MR) is 79.2 cm³/mol. The Balaban J connectivity index is 1.66. The van der Waals surface area contributed by atoms with Crippen LogP contribution >= 0.6 is 27.7 Å². The molecule has 2 saturated heterocycles. The number of ether oxygens (including phenoxy) is 1. The van der Waals surface area contributed by atoms with Crippen LogP contribution in [0.4, 0.5) is 5.69 Å². The maximum absolute atomic E-state index is 6.03. The van der Waals surface area contributed by atoms with Crippen molar-refractivity contribution < 1.29 is 4.74 Å². The van der Waals surface area contributed by atoms with E-state index in [0.29, 0.717) is 6.04 Å². The van der Waals surface area contributed by atoms with Crippen molar-refractivity contribution in [2.24, 2.45) is 0 Å². The van der Waals surface area contributed by atoms with Gasteiger partial charge in [-0.2, -0.15) is 11.8 Å². The van der Waals surface area contributed by atoms with Crippen molar-refractivity contribution >= 4 is 33.4 Å². The van der Waals surface area contributed by atoms with Crippen LogP contribution in [0, 0.1) is 0 Å². The standard InChI is InChI=1S/C13H17BrN2OS/c14-10-5-12(8-15-7-10)16-11-1-3-17-13(6-11)2-4-18-9-13/h5,7-8,11,16H,1-4,6,9H2/t11-,13+/m1/s1. The molecule has 2 aliphatic rings. The summed E-state index contributed by atoms with van der Waals surface area (Å²) in [5.74, 6) is 2.40. The first-order valence-electron chi connectivity index (χ1n) is 6.35. The summed E-state index contributed by atoms with van der Waals surface area (Å²) >= 11 is 5.47. The van der Waals surface area contributed by atoms with Gasteiger partial charge in [-0.1, -0.05) is 0 Å². The van der Waals surface area contributed by atoms with Crippen molar-refractivity contribution in [1.82, 2.24) is 4.98 Å². The number of nitrogens with one attached hydrogen (secondary N) is 1. The van der Waals surface area contributed by atoms with Gasteiger partial charge in [-0.3, -0.25) is 4.98 Å². The molecule has 1 aromatic heterocycles. The van der Waals surface area contributed by atoms with Crippen LogP contribution in [0.25, 0.3) is 0 Å². The number of anilines is 1. The van der Waals surface area contributed by atoms with E-state index < -0.39 is 0 Å². The largest absolute Gasteiger partial charge is 0.381 e. The highest BCUT2D eigenvalue weighted by molar-refractivity contribution is 9.10. The molecule has 0 aliphatic carbocycles. The topological polar surface area (TPSA) is 34.2 Å². The molecule has 0 saturated carbocycles. The van der Waals surface area contributed by atoms with Gasteiger partial charge in [-0.15, -0.1) is 0 Å². The molecule has 1 aromatic rings. The van der Waals surface area contributed by atoms with Gasteiger partial charge in [0.15, 0.2) is 0 Å². The Bertz CT molecular complexity index is 423. The second-order valence-corrected chi connectivity index (χ2v) is 7.08. The number of hydrogen-bond donors (Lipinski definition) is 1. The molecule has 2 aliphatic heterocycles. The van der Waals surface area contributed by atoms with E-state index in [9.17, 15) is 0 Å². The summed E-state index contributed by atoms with van der Waals surface area (Å²) in [4.78, 5) is 4.19. The second kappa shape index (κ2) is 5.39. The summed E-state index contributed by atoms with van der Waals surface area (Å²) < 4.78 is 7.05. The average Bonchev–Trinajstić information content (AvgIpc) is 2.77. The molecule has 0 radical (unpaired) electrons. The number of thioether (sulfide) groups is 1. The maximum Gasteiger partial charge on any atom is 0.0799 e. The first-order chi connectivity index (χ1) is 8.76. The van der Waals surface area contributed by atoms with E-state index in [4.69, 9.17) is 4.74 Å².